The number of aliphatic hydroxyl groups is 1. The molecule has 0 saturated carbocycles. The van der Waals surface area contributed by atoms with Crippen molar-refractivity contribution in [2.45, 2.75) is 18.6 Å². The minimum absolute atomic E-state index is 0.0276. The van der Waals surface area contributed by atoms with Crippen molar-refractivity contribution in [2.75, 3.05) is 20.3 Å². The van der Waals surface area contributed by atoms with Crippen LogP contribution >= 0.6 is 0 Å². The van der Waals surface area contributed by atoms with E-state index in [1.807, 2.05) is 0 Å². The molecule has 0 spiro atoms. The summed E-state index contributed by atoms with van der Waals surface area (Å²) in [6.07, 6.45) is 2.82. The number of amides is 1. The summed E-state index contributed by atoms with van der Waals surface area (Å²) in [5.74, 6) is -1.09. The zero-order valence-corrected chi connectivity index (χ0v) is 10.0. The zero-order valence-electron chi connectivity index (χ0n) is 10.0. The Hall–Kier alpha value is -1.53. The summed E-state index contributed by atoms with van der Waals surface area (Å²) in [7, 11) is 1.56. The highest BCUT2D eigenvalue weighted by molar-refractivity contribution is 5.94. The van der Waals surface area contributed by atoms with E-state index in [0.29, 0.717) is 13.0 Å². The highest BCUT2D eigenvalue weighted by Crippen LogP contribution is 2.22. The van der Waals surface area contributed by atoms with Gasteiger partial charge in [0.2, 0.25) is 0 Å². The van der Waals surface area contributed by atoms with Crippen molar-refractivity contribution in [2.24, 2.45) is 0 Å². The molecule has 1 fully saturated rings. The maximum atomic E-state index is 13.5. The van der Waals surface area contributed by atoms with Crippen molar-refractivity contribution in [1.82, 2.24) is 9.88 Å². The number of carbonyl (C=O) groups is 1. The number of ether oxygens (including phenoxy) is 1. The Balaban J connectivity index is 2.21. The second kappa shape index (κ2) is 5.41. The number of aromatic nitrogens is 1. The van der Waals surface area contributed by atoms with Gasteiger partial charge in [-0.2, -0.15) is 0 Å². The predicted octanol–water partition coefficient (Wildman–Crippen LogP) is 0.442. The van der Waals surface area contributed by atoms with Crippen molar-refractivity contribution in [3.63, 3.8) is 0 Å². The number of halogens is 1. The molecule has 1 aromatic heterocycles. The third kappa shape index (κ3) is 2.34. The second-order valence-corrected chi connectivity index (χ2v) is 4.24. The van der Waals surface area contributed by atoms with Crippen molar-refractivity contribution >= 4 is 5.91 Å². The van der Waals surface area contributed by atoms with Crippen molar-refractivity contribution in [3.05, 3.63) is 29.8 Å². The lowest BCUT2D eigenvalue weighted by atomic mass is 10.2. The lowest BCUT2D eigenvalue weighted by molar-refractivity contribution is 0.0643. The normalized spacial score (nSPS) is 23.4. The molecule has 0 aromatic carbocycles. The topological polar surface area (TPSA) is 62.7 Å². The molecule has 0 radical (unpaired) electrons. The largest absolute Gasteiger partial charge is 0.394 e. The standard InChI is InChI=1S/C12H15FN2O3/c1-18-9-4-8(7-16)15(6-9)12(17)10-2-3-14-5-11(10)13/h2-3,5,8-9,16H,4,6-7H2,1H3/t8-,9+/m0/s1. The van der Waals surface area contributed by atoms with Crippen LogP contribution in [0.5, 0.6) is 0 Å². The van der Waals surface area contributed by atoms with E-state index >= 15 is 0 Å². The van der Waals surface area contributed by atoms with Crippen LogP contribution in [0.1, 0.15) is 16.8 Å². The van der Waals surface area contributed by atoms with Crippen LogP contribution in [-0.2, 0) is 4.74 Å². The van der Waals surface area contributed by atoms with Gasteiger partial charge >= 0.3 is 0 Å². The molecular formula is C12H15FN2O3. The third-order valence-corrected chi connectivity index (χ3v) is 3.18. The van der Waals surface area contributed by atoms with Crippen LogP contribution in [0.3, 0.4) is 0 Å². The molecule has 0 aliphatic carbocycles. The molecule has 1 aromatic rings. The fourth-order valence-electron chi connectivity index (χ4n) is 2.17. The molecule has 2 atom stereocenters. The number of nitrogens with zero attached hydrogens (tertiary/aromatic N) is 2. The van der Waals surface area contributed by atoms with Crippen LogP contribution in [0.2, 0.25) is 0 Å². The Morgan fingerprint density at radius 3 is 3.11 bits per heavy atom. The molecule has 1 N–H and O–H groups in total. The first kappa shape index (κ1) is 12.9. The molecule has 5 nitrogen and oxygen atoms in total. The van der Waals surface area contributed by atoms with Gasteiger partial charge in [-0.05, 0) is 12.5 Å². The number of carbonyl (C=O) groups excluding carboxylic acids is 1. The number of aliphatic hydroxyl groups excluding tert-OH is 1. The quantitative estimate of drug-likeness (QED) is 0.850. The van der Waals surface area contributed by atoms with E-state index in [9.17, 15) is 14.3 Å². The monoisotopic (exact) mass is 254 g/mol. The molecule has 18 heavy (non-hydrogen) atoms. The minimum atomic E-state index is -0.653. The second-order valence-electron chi connectivity index (χ2n) is 4.24. The molecule has 1 aliphatic heterocycles. The predicted molar refractivity (Wildman–Crippen MR) is 61.5 cm³/mol. The smallest absolute Gasteiger partial charge is 0.257 e. The summed E-state index contributed by atoms with van der Waals surface area (Å²) in [4.78, 5) is 17.2. The SMILES string of the molecule is CO[C@@H]1C[C@@H](CO)N(C(=O)c2ccncc2F)C1. The minimum Gasteiger partial charge on any atom is -0.394 e. The van der Waals surface area contributed by atoms with E-state index in [1.165, 1.54) is 17.2 Å². The number of likely N-dealkylation sites (tertiary alicyclic amines) is 1. The molecule has 1 amide bonds. The van der Waals surface area contributed by atoms with E-state index in [2.05, 4.69) is 4.98 Å². The summed E-state index contributed by atoms with van der Waals surface area (Å²) in [5.41, 5.74) is -0.0276. The highest BCUT2D eigenvalue weighted by atomic mass is 19.1. The highest BCUT2D eigenvalue weighted by Gasteiger charge is 2.36. The van der Waals surface area contributed by atoms with Crippen LogP contribution in [0, 0.1) is 5.82 Å². The van der Waals surface area contributed by atoms with Crippen LogP contribution in [0.15, 0.2) is 18.5 Å². The van der Waals surface area contributed by atoms with Crippen LogP contribution in [0.4, 0.5) is 4.39 Å². The van der Waals surface area contributed by atoms with Crippen molar-refractivity contribution < 1.29 is 19.0 Å². The summed E-state index contributed by atoms with van der Waals surface area (Å²) < 4.78 is 18.7. The van der Waals surface area contributed by atoms with E-state index in [0.717, 1.165) is 6.20 Å². The van der Waals surface area contributed by atoms with Crippen molar-refractivity contribution in [3.8, 4) is 0 Å². The summed E-state index contributed by atoms with van der Waals surface area (Å²) >= 11 is 0. The fourth-order valence-corrected chi connectivity index (χ4v) is 2.17. The molecule has 2 rings (SSSR count). The number of methoxy groups -OCH3 is 1. The average molecular weight is 254 g/mol. The first-order valence-corrected chi connectivity index (χ1v) is 5.71. The Morgan fingerprint density at radius 1 is 1.72 bits per heavy atom. The fraction of sp³-hybridized carbons (Fsp3) is 0.500. The van der Waals surface area contributed by atoms with Gasteiger partial charge in [0, 0.05) is 19.9 Å². The number of hydrogen-bond acceptors (Lipinski definition) is 4. The number of pyridine rings is 1. The summed E-state index contributed by atoms with van der Waals surface area (Å²) in [5, 5.41) is 9.26. The van der Waals surface area contributed by atoms with Gasteiger partial charge in [-0.1, -0.05) is 0 Å². The van der Waals surface area contributed by atoms with Gasteiger partial charge in [0.25, 0.3) is 5.91 Å². The van der Waals surface area contributed by atoms with Gasteiger partial charge in [-0.15, -0.1) is 0 Å². The van der Waals surface area contributed by atoms with E-state index in [4.69, 9.17) is 4.74 Å². The first-order chi connectivity index (χ1) is 8.67. The summed E-state index contributed by atoms with van der Waals surface area (Å²) in [6, 6.07) is 1.02. The maximum absolute atomic E-state index is 13.5. The Bertz CT molecular complexity index is 441. The van der Waals surface area contributed by atoms with Gasteiger partial charge < -0.3 is 14.7 Å². The van der Waals surface area contributed by atoms with Crippen LogP contribution in [0.25, 0.3) is 0 Å². The van der Waals surface area contributed by atoms with E-state index < -0.39 is 11.7 Å². The zero-order chi connectivity index (χ0) is 13.1. The number of rotatable bonds is 3. The summed E-state index contributed by atoms with van der Waals surface area (Å²) in [6.45, 7) is 0.209. The molecule has 6 heteroatoms. The molecule has 1 saturated heterocycles. The van der Waals surface area contributed by atoms with Crippen molar-refractivity contribution in [1.29, 1.82) is 0 Å². The Labute approximate surface area is 104 Å². The van der Waals surface area contributed by atoms with Gasteiger partial charge in [0.1, 0.15) is 0 Å². The molecule has 98 valence electrons. The molecule has 1 aliphatic rings. The van der Waals surface area contributed by atoms with Gasteiger partial charge in [0.15, 0.2) is 5.82 Å². The van der Waals surface area contributed by atoms with Gasteiger partial charge in [-0.3, -0.25) is 9.78 Å². The van der Waals surface area contributed by atoms with Gasteiger partial charge in [0.05, 0.1) is 30.5 Å². The van der Waals surface area contributed by atoms with E-state index in [-0.39, 0.29) is 24.3 Å². The number of hydrogen-bond donors (Lipinski definition) is 1. The van der Waals surface area contributed by atoms with E-state index in [1.54, 1.807) is 7.11 Å². The third-order valence-electron chi connectivity index (χ3n) is 3.18. The average Bonchev–Trinajstić information content (AvgIpc) is 2.82. The Kier molecular flexibility index (Phi) is 3.88. The lowest BCUT2D eigenvalue weighted by Crippen LogP contribution is -2.38. The Morgan fingerprint density at radius 2 is 2.50 bits per heavy atom. The molecule has 0 bridgehead atoms. The van der Waals surface area contributed by atoms with Gasteiger partial charge in [-0.25, -0.2) is 4.39 Å². The van der Waals surface area contributed by atoms with Crippen LogP contribution < -0.4 is 0 Å². The molecule has 0 unspecified atom stereocenters. The molecule has 2 heterocycles. The lowest BCUT2D eigenvalue weighted by Gasteiger charge is -2.22. The maximum Gasteiger partial charge on any atom is 0.257 e. The molecular weight excluding hydrogens is 239 g/mol. The van der Waals surface area contributed by atoms with Crippen LogP contribution in [-0.4, -0.2) is 53.3 Å². The first-order valence-electron chi connectivity index (χ1n) is 5.71.